The summed E-state index contributed by atoms with van der Waals surface area (Å²) >= 11 is 1.38. The summed E-state index contributed by atoms with van der Waals surface area (Å²) in [6.45, 7) is 1.69. The minimum atomic E-state index is -3.42. The number of thioether (sulfide) groups is 1. The monoisotopic (exact) mass is 213 g/mol. The Labute approximate surface area is 80.9 Å². The maximum atomic E-state index is 11.5. The third-order valence-corrected chi connectivity index (χ3v) is 4.27. The van der Waals surface area contributed by atoms with E-state index in [2.05, 4.69) is 4.40 Å². The molecule has 0 saturated carbocycles. The minimum absolute atomic E-state index is 0.311. The third-order valence-electron chi connectivity index (χ3n) is 1.63. The van der Waals surface area contributed by atoms with Gasteiger partial charge in [0.15, 0.2) is 0 Å². The van der Waals surface area contributed by atoms with Gasteiger partial charge in [-0.15, -0.1) is 0 Å². The van der Waals surface area contributed by atoms with Crippen LogP contribution in [0.1, 0.15) is 6.92 Å². The van der Waals surface area contributed by atoms with E-state index in [0.717, 1.165) is 4.90 Å². The van der Waals surface area contributed by atoms with Crippen molar-refractivity contribution in [3.05, 3.63) is 24.3 Å². The van der Waals surface area contributed by atoms with Gasteiger partial charge >= 0.3 is 0 Å². The van der Waals surface area contributed by atoms with Crippen LogP contribution in [0.5, 0.6) is 0 Å². The lowest BCUT2D eigenvalue weighted by Crippen LogP contribution is -2.06. The maximum absolute atomic E-state index is 11.5. The van der Waals surface area contributed by atoms with E-state index >= 15 is 0 Å². The molecule has 0 saturated heterocycles. The van der Waals surface area contributed by atoms with Gasteiger partial charge in [-0.25, -0.2) is 0 Å². The lowest BCUT2D eigenvalue weighted by Gasteiger charge is -2.11. The van der Waals surface area contributed by atoms with Crippen LogP contribution in [0.3, 0.4) is 0 Å². The van der Waals surface area contributed by atoms with Crippen LogP contribution in [-0.2, 0) is 10.0 Å². The van der Waals surface area contributed by atoms with Crippen molar-refractivity contribution >= 4 is 26.8 Å². The summed E-state index contributed by atoms with van der Waals surface area (Å²) in [7, 11) is -3.42. The third kappa shape index (κ3) is 1.49. The van der Waals surface area contributed by atoms with Crippen molar-refractivity contribution in [1.82, 2.24) is 0 Å². The van der Waals surface area contributed by atoms with Gasteiger partial charge in [-0.3, -0.25) is 0 Å². The molecule has 0 radical (unpaired) electrons. The van der Waals surface area contributed by atoms with Crippen LogP contribution < -0.4 is 0 Å². The molecule has 0 aromatic heterocycles. The van der Waals surface area contributed by atoms with Gasteiger partial charge in [-0.05, 0) is 19.1 Å². The summed E-state index contributed by atoms with van der Waals surface area (Å²) in [4.78, 5) is 1.07. The first-order valence-corrected chi connectivity index (χ1v) is 5.94. The van der Waals surface area contributed by atoms with Crippen molar-refractivity contribution in [2.24, 2.45) is 4.40 Å². The van der Waals surface area contributed by atoms with Crippen LogP contribution in [0, 0.1) is 0 Å². The Kier molecular flexibility index (Phi) is 1.92. The summed E-state index contributed by atoms with van der Waals surface area (Å²) in [5.41, 5.74) is 0. The average Bonchev–Trinajstić information content (AvgIpc) is 2.02. The van der Waals surface area contributed by atoms with E-state index in [1.807, 2.05) is 6.07 Å². The molecule has 0 N–H and O–H groups in total. The van der Waals surface area contributed by atoms with Crippen molar-refractivity contribution in [2.75, 3.05) is 0 Å². The van der Waals surface area contributed by atoms with Crippen LogP contribution in [0.4, 0.5) is 0 Å². The van der Waals surface area contributed by atoms with Crippen molar-refractivity contribution < 1.29 is 8.42 Å². The molecule has 0 unspecified atom stereocenters. The second kappa shape index (κ2) is 2.85. The van der Waals surface area contributed by atoms with Gasteiger partial charge < -0.3 is 0 Å². The molecule has 0 aliphatic carbocycles. The zero-order valence-corrected chi connectivity index (χ0v) is 8.52. The SMILES string of the molecule is CC1=NS(=O)(=O)c2ccccc2S1. The average molecular weight is 213 g/mol. The fourth-order valence-corrected chi connectivity index (χ4v) is 3.67. The maximum Gasteiger partial charge on any atom is 0.284 e. The van der Waals surface area contributed by atoms with Gasteiger partial charge in [0, 0.05) is 4.90 Å². The van der Waals surface area contributed by atoms with Crippen molar-refractivity contribution in [3.8, 4) is 0 Å². The highest BCUT2D eigenvalue weighted by atomic mass is 32.2. The number of hydrogen-bond donors (Lipinski definition) is 0. The molecule has 0 atom stereocenters. The first-order valence-electron chi connectivity index (χ1n) is 3.68. The molecule has 0 amide bonds. The molecule has 5 heteroatoms. The first kappa shape index (κ1) is 8.77. The normalized spacial score (nSPS) is 19.0. The predicted octanol–water partition coefficient (Wildman–Crippen LogP) is 1.90. The van der Waals surface area contributed by atoms with Gasteiger partial charge in [0.2, 0.25) is 0 Å². The molecule has 1 aliphatic rings. The highest BCUT2D eigenvalue weighted by molar-refractivity contribution is 8.15. The standard InChI is InChI=1S/C8H7NO2S2/c1-6-9-13(10,11)8-5-3-2-4-7(8)12-6/h2-5H,1H3. The van der Waals surface area contributed by atoms with Gasteiger partial charge in [0.1, 0.15) is 4.90 Å². The van der Waals surface area contributed by atoms with Gasteiger partial charge in [-0.2, -0.15) is 12.8 Å². The smallest absolute Gasteiger partial charge is 0.199 e. The quantitative estimate of drug-likeness (QED) is 0.661. The van der Waals surface area contributed by atoms with E-state index in [4.69, 9.17) is 0 Å². The fourth-order valence-electron chi connectivity index (χ4n) is 1.14. The number of benzene rings is 1. The van der Waals surface area contributed by atoms with Crippen LogP contribution in [0.15, 0.2) is 38.5 Å². The second-order valence-corrected chi connectivity index (χ2v) is 5.44. The zero-order chi connectivity index (χ0) is 9.47. The minimum Gasteiger partial charge on any atom is -0.199 e. The van der Waals surface area contributed by atoms with Crippen molar-refractivity contribution in [3.63, 3.8) is 0 Å². The molecule has 1 aromatic carbocycles. The molecule has 68 valence electrons. The van der Waals surface area contributed by atoms with E-state index in [1.54, 1.807) is 25.1 Å². The molecular formula is C8H7NO2S2. The second-order valence-electron chi connectivity index (χ2n) is 2.63. The molecule has 1 aromatic rings. The van der Waals surface area contributed by atoms with Crippen LogP contribution in [-0.4, -0.2) is 13.5 Å². The molecule has 0 fully saturated rings. The van der Waals surface area contributed by atoms with E-state index < -0.39 is 10.0 Å². The Balaban J connectivity index is 2.73. The lowest BCUT2D eigenvalue weighted by molar-refractivity contribution is 0.596. The lowest BCUT2D eigenvalue weighted by atomic mass is 10.4. The molecule has 3 nitrogen and oxygen atoms in total. The first-order chi connectivity index (χ1) is 6.09. The molecular weight excluding hydrogens is 206 g/mol. The van der Waals surface area contributed by atoms with E-state index in [-0.39, 0.29) is 0 Å². The largest absolute Gasteiger partial charge is 0.284 e. The molecule has 2 rings (SSSR count). The fraction of sp³-hybridized carbons (Fsp3) is 0.125. The summed E-state index contributed by atoms with van der Waals surface area (Å²) in [5, 5.41) is 0.568. The van der Waals surface area contributed by atoms with E-state index in [9.17, 15) is 8.42 Å². The summed E-state index contributed by atoms with van der Waals surface area (Å²) in [6, 6.07) is 6.89. The van der Waals surface area contributed by atoms with Crippen LogP contribution in [0.25, 0.3) is 0 Å². The number of fused-ring (bicyclic) bond motifs is 1. The van der Waals surface area contributed by atoms with Gasteiger partial charge in [0.05, 0.1) is 5.04 Å². The number of nitrogens with zero attached hydrogens (tertiary/aromatic N) is 1. The number of sulfonamides is 1. The van der Waals surface area contributed by atoms with Gasteiger partial charge in [-0.1, -0.05) is 23.9 Å². The molecule has 1 heterocycles. The summed E-state index contributed by atoms with van der Waals surface area (Å²) in [6.07, 6.45) is 0. The Morgan fingerprint density at radius 1 is 1.31 bits per heavy atom. The molecule has 0 spiro atoms. The van der Waals surface area contributed by atoms with Gasteiger partial charge in [0.25, 0.3) is 10.0 Å². The van der Waals surface area contributed by atoms with Crippen LogP contribution >= 0.6 is 11.8 Å². The Morgan fingerprint density at radius 2 is 2.00 bits per heavy atom. The van der Waals surface area contributed by atoms with Crippen molar-refractivity contribution in [1.29, 1.82) is 0 Å². The van der Waals surface area contributed by atoms with Crippen LogP contribution in [0.2, 0.25) is 0 Å². The predicted molar refractivity (Wildman–Crippen MR) is 52.6 cm³/mol. The van der Waals surface area contributed by atoms with Crippen molar-refractivity contribution in [2.45, 2.75) is 16.7 Å². The zero-order valence-electron chi connectivity index (χ0n) is 6.89. The summed E-state index contributed by atoms with van der Waals surface area (Å²) in [5.74, 6) is 0. The highest BCUT2D eigenvalue weighted by Crippen LogP contribution is 2.33. The molecule has 13 heavy (non-hydrogen) atoms. The number of rotatable bonds is 0. The highest BCUT2D eigenvalue weighted by Gasteiger charge is 2.22. The molecule has 1 aliphatic heterocycles. The Bertz CT molecular complexity index is 477. The summed E-state index contributed by atoms with van der Waals surface area (Å²) < 4.78 is 26.6. The topological polar surface area (TPSA) is 46.5 Å². The Hall–Kier alpha value is -0.810. The Morgan fingerprint density at radius 3 is 2.77 bits per heavy atom. The molecule has 0 bridgehead atoms. The van der Waals surface area contributed by atoms with E-state index in [1.165, 1.54) is 11.8 Å². The number of hydrogen-bond acceptors (Lipinski definition) is 3. The van der Waals surface area contributed by atoms with E-state index in [0.29, 0.717) is 9.94 Å².